The highest BCUT2D eigenvalue weighted by Crippen LogP contribution is 2.42. The number of aromatic nitrogens is 1. The van der Waals surface area contributed by atoms with Crippen LogP contribution in [0.3, 0.4) is 0 Å². The number of hydrogen-bond acceptors (Lipinski definition) is 5. The summed E-state index contributed by atoms with van der Waals surface area (Å²) >= 11 is 0. The van der Waals surface area contributed by atoms with Crippen molar-refractivity contribution in [2.75, 3.05) is 19.7 Å². The Morgan fingerprint density at radius 3 is 2.74 bits per heavy atom. The van der Waals surface area contributed by atoms with Gasteiger partial charge in [0, 0.05) is 38.2 Å². The fourth-order valence-electron chi connectivity index (χ4n) is 5.90. The molecule has 3 amide bonds. The van der Waals surface area contributed by atoms with Gasteiger partial charge >= 0.3 is 0 Å². The minimum Gasteiger partial charge on any atom is -0.492 e. The second-order valence-corrected chi connectivity index (χ2v) is 9.78. The van der Waals surface area contributed by atoms with Crippen LogP contribution in [0, 0.1) is 5.92 Å². The standard InChI is InChI=1S/C27H31N3O4/c31-24-16-27(21-8-2-1-3-9-21,17-25(32)30-19-20-7-4-10-22(30)15-20)26(33)29(24)13-6-14-34-23-11-5-12-28-18-23/h1-3,5,8-9,11-12,18,20,22H,4,6-7,10,13-17,19H2/t20-,22-,27-/m1/s1. The molecule has 0 unspecified atom stereocenters. The molecule has 1 aromatic heterocycles. The number of fused-ring (bicyclic) bond motifs is 2. The molecule has 7 nitrogen and oxygen atoms in total. The molecule has 1 aliphatic carbocycles. The van der Waals surface area contributed by atoms with E-state index in [4.69, 9.17) is 4.74 Å². The zero-order chi connectivity index (χ0) is 23.5. The van der Waals surface area contributed by atoms with E-state index in [1.165, 1.54) is 11.3 Å². The molecule has 7 heteroatoms. The SMILES string of the molecule is O=C1C[C@@](CC(=O)N2C[C@@H]3CCC[C@@H]2C3)(c2ccccc2)C(=O)N1CCCOc1cccnc1. The van der Waals surface area contributed by atoms with E-state index in [1.54, 1.807) is 18.5 Å². The number of hydrogen-bond donors (Lipinski definition) is 0. The molecule has 0 spiro atoms. The molecule has 0 N–H and O–H groups in total. The molecule has 178 valence electrons. The van der Waals surface area contributed by atoms with Crippen LogP contribution in [0.2, 0.25) is 0 Å². The average molecular weight is 462 g/mol. The maximum atomic E-state index is 13.8. The third kappa shape index (κ3) is 4.31. The third-order valence-corrected chi connectivity index (χ3v) is 7.59. The van der Waals surface area contributed by atoms with E-state index >= 15 is 0 Å². The Morgan fingerprint density at radius 2 is 1.97 bits per heavy atom. The van der Waals surface area contributed by atoms with Gasteiger partial charge in [-0.3, -0.25) is 24.3 Å². The lowest BCUT2D eigenvalue weighted by molar-refractivity contribution is -0.143. The lowest BCUT2D eigenvalue weighted by atomic mass is 9.75. The molecule has 3 atom stereocenters. The van der Waals surface area contributed by atoms with Gasteiger partial charge in [-0.1, -0.05) is 36.8 Å². The Hall–Kier alpha value is -3.22. The van der Waals surface area contributed by atoms with E-state index in [2.05, 4.69) is 4.98 Å². The van der Waals surface area contributed by atoms with Crippen LogP contribution in [-0.2, 0) is 19.8 Å². The van der Waals surface area contributed by atoms with Gasteiger partial charge in [-0.15, -0.1) is 0 Å². The Bertz CT molecular complexity index is 1040. The molecule has 2 aromatic rings. The van der Waals surface area contributed by atoms with Gasteiger partial charge in [0.1, 0.15) is 5.75 Å². The predicted octanol–water partition coefficient (Wildman–Crippen LogP) is 3.34. The second-order valence-electron chi connectivity index (χ2n) is 9.78. The Morgan fingerprint density at radius 1 is 1.12 bits per heavy atom. The summed E-state index contributed by atoms with van der Waals surface area (Å²) in [5.74, 6) is 0.749. The van der Waals surface area contributed by atoms with Crippen LogP contribution in [0.25, 0.3) is 0 Å². The van der Waals surface area contributed by atoms with Gasteiger partial charge in [0.25, 0.3) is 0 Å². The van der Waals surface area contributed by atoms with Gasteiger partial charge in [-0.25, -0.2) is 0 Å². The molecule has 2 saturated heterocycles. The highest BCUT2D eigenvalue weighted by molar-refractivity contribution is 6.10. The summed E-state index contributed by atoms with van der Waals surface area (Å²) in [5, 5.41) is 0. The number of carbonyl (C=O) groups is 3. The first-order valence-corrected chi connectivity index (χ1v) is 12.3. The molecule has 34 heavy (non-hydrogen) atoms. The minimum atomic E-state index is -1.13. The van der Waals surface area contributed by atoms with Crippen LogP contribution in [-0.4, -0.2) is 58.2 Å². The Balaban J connectivity index is 1.31. The maximum Gasteiger partial charge on any atom is 0.240 e. The number of likely N-dealkylation sites (tertiary alicyclic amines) is 2. The summed E-state index contributed by atoms with van der Waals surface area (Å²) in [7, 11) is 0. The van der Waals surface area contributed by atoms with Crippen LogP contribution in [0.4, 0.5) is 0 Å². The zero-order valence-corrected chi connectivity index (χ0v) is 19.4. The van der Waals surface area contributed by atoms with Crippen LogP contribution in [0.15, 0.2) is 54.9 Å². The minimum absolute atomic E-state index is 0.00108. The smallest absolute Gasteiger partial charge is 0.240 e. The molecule has 2 bridgehead atoms. The summed E-state index contributed by atoms with van der Waals surface area (Å²) < 4.78 is 5.67. The van der Waals surface area contributed by atoms with Crippen LogP contribution >= 0.6 is 0 Å². The third-order valence-electron chi connectivity index (χ3n) is 7.59. The molecule has 2 aliphatic heterocycles. The fraction of sp³-hybridized carbons (Fsp3) is 0.481. The summed E-state index contributed by atoms with van der Waals surface area (Å²) in [6.45, 7) is 1.43. The molecule has 1 saturated carbocycles. The molecule has 0 radical (unpaired) electrons. The van der Waals surface area contributed by atoms with E-state index in [0.29, 0.717) is 24.7 Å². The highest BCUT2D eigenvalue weighted by Gasteiger charge is 2.54. The van der Waals surface area contributed by atoms with Gasteiger partial charge in [0.15, 0.2) is 0 Å². The number of carbonyl (C=O) groups excluding carboxylic acids is 3. The van der Waals surface area contributed by atoms with Crippen molar-refractivity contribution in [3.05, 3.63) is 60.4 Å². The topological polar surface area (TPSA) is 79.8 Å². The van der Waals surface area contributed by atoms with Crippen LogP contribution in [0.5, 0.6) is 5.75 Å². The fourth-order valence-corrected chi connectivity index (χ4v) is 5.90. The van der Waals surface area contributed by atoms with Gasteiger partial charge in [0.05, 0.1) is 18.2 Å². The number of pyridine rings is 1. The van der Waals surface area contributed by atoms with Crippen molar-refractivity contribution in [2.45, 2.75) is 56.4 Å². The van der Waals surface area contributed by atoms with Crippen molar-refractivity contribution in [2.24, 2.45) is 5.92 Å². The lowest BCUT2D eigenvalue weighted by Crippen LogP contribution is -2.44. The van der Waals surface area contributed by atoms with E-state index in [9.17, 15) is 14.4 Å². The van der Waals surface area contributed by atoms with Gasteiger partial charge in [-0.2, -0.15) is 0 Å². The van der Waals surface area contributed by atoms with Crippen molar-refractivity contribution >= 4 is 17.7 Å². The number of nitrogens with zero attached hydrogens (tertiary/aromatic N) is 3. The first-order valence-electron chi connectivity index (χ1n) is 12.3. The summed E-state index contributed by atoms with van der Waals surface area (Å²) in [4.78, 5) is 47.7. The normalized spacial score (nSPS) is 26.2. The molecule has 5 rings (SSSR count). The van der Waals surface area contributed by atoms with Crippen molar-refractivity contribution in [1.82, 2.24) is 14.8 Å². The first-order chi connectivity index (χ1) is 16.6. The monoisotopic (exact) mass is 461 g/mol. The van der Waals surface area contributed by atoms with E-state index < -0.39 is 5.41 Å². The Labute approximate surface area is 200 Å². The quantitative estimate of drug-likeness (QED) is 0.445. The summed E-state index contributed by atoms with van der Waals surface area (Å²) in [6, 6.07) is 13.3. The van der Waals surface area contributed by atoms with Crippen molar-refractivity contribution in [1.29, 1.82) is 0 Å². The molecule has 1 aromatic carbocycles. The number of ether oxygens (including phenoxy) is 1. The highest BCUT2D eigenvalue weighted by atomic mass is 16.5. The number of benzene rings is 1. The van der Waals surface area contributed by atoms with Gasteiger partial charge in [-0.05, 0) is 49.3 Å². The van der Waals surface area contributed by atoms with Gasteiger partial charge in [0.2, 0.25) is 17.7 Å². The van der Waals surface area contributed by atoms with Crippen molar-refractivity contribution < 1.29 is 19.1 Å². The summed E-state index contributed by atoms with van der Waals surface area (Å²) in [6.07, 6.45) is 8.35. The van der Waals surface area contributed by atoms with E-state index in [-0.39, 0.29) is 43.1 Å². The van der Waals surface area contributed by atoms with Gasteiger partial charge < -0.3 is 9.64 Å². The first kappa shape index (κ1) is 22.6. The van der Waals surface area contributed by atoms with E-state index in [1.807, 2.05) is 41.3 Å². The maximum absolute atomic E-state index is 13.8. The van der Waals surface area contributed by atoms with Crippen LogP contribution in [0.1, 0.15) is 50.5 Å². The number of imide groups is 1. The van der Waals surface area contributed by atoms with Crippen molar-refractivity contribution in [3.63, 3.8) is 0 Å². The lowest BCUT2D eigenvalue weighted by Gasteiger charge is -2.31. The van der Waals surface area contributed by atoms with Crippen LogP contribution < -0.4 is 4.74 Å². The molecule has 3 aliphatic rings. The number of amides is 3. The molecular weight excluding hydrogens is 430 g/mol. The summed E-state index contributed by atoms with van der Waals surface area (Å²) in [5.41, 5.74) is -0.381. The molecular formula is C27H31N3O4. The van der Waals surface area contributed by atoms with Crippen molar-refractivity contribution in [3.8, 4) is 5.75 Å². The zero-order valence-electron chi connectivity index (χ0n) is 19.4. The Kier molecular flexibility index (Phi) is 6.35. The average Bonchev–Trinajstić information content (AvgIpc) is 3.29. The number of rotatable bonds is 8. The molecule has 3 heterocycles. The predicted molar refractivity (Wildman–Crippen MR) is 126 cm³/mol. The van der Waals surface area contributed by atoms with E-state index in [0.717, 1.165) is 31.4 Å². The molecule has 3 fully saturated rings. The second kappa shape index (κ2) is 9.57. The largest absolute Gasteiger partial charge is 0.492 e.